The standard InChI is InChI=1S/C2H5NO.Al.Li.4H/c1-2(3)4;;;;;;/h1H3,(H2,3,4);;;;;;. The number of primary amides is 1. The maximum atomic E-state index is 9.22. The molecule has 0 aromatic carbocycles. The molecule has 4 heteroatoms. The van der Waals surface area contributed by atoms with Crippen LogP contribution in [-0.2, 0) is 4.79 Å². The van der Waals surface area contributed by atoms with Crippen LogP contribution in [0.5, 0.6) is 0 Å². The van der Waals surface area contributed by atoms with E-state index in [0.29, 0.717) is 0 Å². The van der Waals surface area contributed by atoms with E-state index in [-0.39, 0.29) is 42.1 Å². The number of hydrogen-bond donors (Lipinski definition) is 1. The van der Waals surface area contributed by atoms with Gasteiger partial charge in [0.1, 0.15) is 0 Å². The van der Waals surface area contributed by atoms with Crippen LogP contribution in [0.4, 0.5) is 0 Å². The molecular formula is C2H9AlLiNO. The minimum atomic E-state index is -0.333. The first-order valence-electron chi connectivity index (χ1n) is 0.993. The molecule has 1 amide bonds. The third-order valence-corrected chi connectivity index (χ3v) is 0. The summed E-state index contributed by atoms with van der Waals surface area (Å²) in [4.78, 5) is 9.22. The Hall–Kier alpha value is 0.600. The van der Waals surface area contributed by atoms with Crippen LogP contribution in [0, 0.1) is 0 Å². The molecule has 0 saturated carbocycles. The molecule has 0 spiro atoms. The number of hydrogen-bond acceptors (Lipinski definition) is 1. The van der Waals surface area contributed by atoms with Crippen molar-refractivity contribution in [1.82, 2.24) is 0 Å². The Labute approximate surface area is 59.8 Å². The summed E-state index contributed by atoms with van der Waals surface area (Å²) in [7, 11) is 0. The molecule has 0 aliphatic carbocycles. The molecule has 0 aliphatic heterocycles. The van der Waals surface area contributed by atoms with E-state index in [0.717, 1.165) is 0 Å². The zero-order chi connectivity index (χ0) is 3.58. The van der Waals surface area contributed by atoms with Crippen LogP contribution in [0.2, 0.25) is 0 Å². The van der Waals surface area contributed by atoms with Gasteiger partial charge in [0.25, 0.3) is 0 Å². The van der Waals surface area contributed by atoms with Crippen LogP contribution in [0.15, 0.2) is 0 Å². The molecular weight excluding hydrogens is 88.0 g/mol. The van der Waals surface area contributed by atoms with Gasteiger partial charge in [-0.1, -0.05) is 0 Å². The normalized spacial score (nSPS) is 4.17. The summed E-state index contributed by atoms with van der Waals surface area (Å²) in [5.41, 5.74) is 4.47. The van der Waals surface area contributed by atoms with Crippen LogP contribution in [-0.4, -0.2) is 42.1 Å². The summed E-state index contributed by atoms with van der Waals surface area (Å²) >= 11 is 0. The van der Waals surface area contributed by atoms with Crippen molar-refractivity contribution in [2.75, 3.05) is 0 Å². The molecule has 32 valence electrons. The third-order valence-electron chi connectivity index (χ3n) is 0. The van der Waals surface area contributed by atoms with E-state index in [4.69, 9.17) is 0 Å². The van der Waals surface area contributed by atoms with Gasteiger partial charge in [-0.3, -0.25) is 4.79 Å². The van der Waals surface area contributed by atoms with E-state index in [1.165, 1.54) is 6.92 Å². The van der Waals surface area contributed by atoms with Gasteiger partial charge < -0.3 is 5.73 Å². The van der Waals surface area contributed by atoms with Crippen molar-refractivity contribution in [2.24, 2.45) is 5.73 Å². The fourth-order valence-corrected chi connectivity index (χ4v) is 0. The zero-order valence-electron chi connectivity index (χ0n) is 2.49. The van der Waals surface area contributed by atoms with Crippen molar-refractivity contribution in [3.05, 3.63) is 0 Å². The number of amides is 1. The molecule has 0 aliphatic rings. The Bertz CT molecular complexity index is 36.5. The fraction of sp³-hybridized carbons (Fsp3) is 0.500. The Morgan fingerprint density at radius 2 is 1.67 bits per heavy atom. The quantitative estimate of drug-likeness (QED) is 0.338. The summed E-state index contributed by atoms with van der Waals surface area (Å²) in [6, 6.07) is 0. The first kappa shape index (κ1) is 16.0. The van der Waals surface area contributed by atoms with Gasteiger partial charge in [0.15, 0.2) is 17.4 Å². The van der Waals surface area contributed by atoms with Crippen LogP contribution >= 0.6 is 0 Å². The Kier molecular flexibility index (Phi) is 24.3. The van der Waals surface area contributed by atoms with Crippen molar-refractivity contribution in [3.63, 3.8) is 0 Å². The minimum absolute atomic E-state index is 0. The zero-order valence-corrected chi connectivity index (χ0v) is 2.49. The first-order valence-corrected chi connectivity index (χ1v) is 0.993. The monoisotopic (exact) mass is 97.1 g/mol. The second kappa shape index (κ2) is 9.14. The van der Waals surface area contributed by atoms with Crippen molar-refractivity contribution < 1.29 is 4.79 Å². The second-order valence-electron chi connectivity index (χ2n) is 0.611. The van der Waals surface area contributed by atoms with Gasteiger partial charge in [-0.15, -0.1) is 0 Å². The van der Waals surface area contributed by atoms with E-state index in [1.807, 2.05) is 0 Å². The molecule has 0 aromatic rings. The van der Waals surface area contributed by atoms with Crippen LogP contribution in [0.1, 0.15) is 6.92 Å². The summed E-state index contributed by atoms with van der Waals surface area (Å²) in [6.45, 7) is 1.31. The molecule has 0 heterocycles. The van der Waals surface area contributed by atoms with Crippen LogP contribution in [0.25, 0.3) is 0 Å². The van der Waals surface area contributed by atoms with Gasteiger partial charge in [0.2, 0.25) is 5.91 Å². The first-order chi connectivity index (χ1) is 1.73. The number of rotatable bonds is 0. The van der Waals surface area contributed by atoms with Gasteiger partial charge in [-0.2, -0.15) is 0 Å². The van der Waals surface area contributed by atoms with Gasteiger partial charge in [0.05, 0.1) is 0 Å². The van der Waals surface area contributed by atoms with E-state index in [2.05, 4.69) is 5.73 Å². The predicted octanol–water partition coefficient (Wildman–Crippen LogP) is -2.34. The summed E-state index contributed by atoms with van der Waals surface area (Å²) < 4.78 is 0. The SMILES string of the molecule is CC(N)=O.[AlH3].[LiH]. The average molecular weight is 97.0 g/mol. The molecule has 0 unspecified atom stereocenters. The van der Waals surface area contributed by atoms with Crippen molar-refractivity contribution in [3.8, 4) is 0 Å². The van der Waals surface area contributed by atoms with Crippen molar-refractivity contribution >= 4 is 42.1 Å². The van der Waals surface area contributed by atoms with Crippen molar-refractivity contribution in [1.29, 1.82) is 0 Å². The van der Waals surface area contributed by atoms with E-state index >= 15 is 0 Å². The summed E-state index contributed by atoms with van der Waals surface area (Å²) in [6.07, 6.45) is 0. The van der Waals surface area contributed by atoms with Crippen LogP contribution in [0.3, 0.4) is 0 Å². The molecule has 0 bridgehead atoms. The van der Waals surface area contributed by atoms with E-state index in [9.17, 15) is 4.79 Å². The molecule has 0 atom stereocenters. The molecule has 0 rings (SSSR count). The molecule has 0 saturated heterocycles. The van der Waals surface area contributed by atoms with Gasteiger partial charge >= 0.3 is 18.9 Å². The Morgan fingerprint density at radius 3 is 1.67 bits per heavy atom. The van der Waals surface area contributed by atoms with E-state index in [1.54, 1.807) is 0 Å². The summed E-state index contributed by atoms with van der Waals surface area (Å²) in [5, 5.41) is 0. The number of carbonyl (C=O) groups is 1. The topological polar surface area (TPSA) is 43.1 Å². The van der Waals surface area contributed by atoms with Gasteiger partial charge in [-0.05, 0) is 0 Å². The van der Waals surface area contributed by atoms with Gasteiger partial charge in [-0.25, -0.2) is 0 Å². The third kappa shape index (κ3) is 166. The molecule has 2 N–H and O–H groups in total. The molecule has 0 fully saturated rings. The van der Waals surface area contributed by atoms with E-state index < -0.39 is 0 Å². The number of nitrogens with two attached hydrogens (primary N) is 1. The molecule has 0 aromatic heterocycles. The molecule has 0 radical (unpaired) electrons. The van der Waals surface area contributed by atoms with Gasteiger partial charge in [0, 0.05) is 6.92 Å². The second-order valence-corrected chi connectivity index (χ2v) is 0.611. The summed E-state index contributed by atoms with van der Waals surface area (Å²) in [5.74, 6) is -0.333. The Morgan fingerprint density at radius 1 is 1.67 bits per heavy atom. The average Bonchev–Trinajstić information content (AvgIpc) is 0.811. The molecule has 2 nitrogen and oxygen atoms in total. The number of carbonyl (C=O) groups excluding carboxylic acids is 1. The Balaban J connectivity index is -0.0000000450. The predicted molar refractivity (Wildman–Crippen MR) is 32.0 cm³/mol. The molecule has 6 heavy (non-hydrogen) atoms. The van der Waals surface area contributed by atoms with Crippen LogP contribution < -0.4 is 5.73 Å². The fourth-order valence-electron chi connectivity index (χ4n) is 0. The van der Waals surface area contributed by atoms with Crippen molar-refractivity contribution in [2.45, 2.75) is 6.92 Å². The maximum absolute atomic E-state index is 9.22.